The molecule has 2 heteroatoms. The van der Waals surface area contributed by atoms with E-state index in [0.29, 0.717) is 18.9 Å². The first-order valence-corrected chi connectivity index (χ1v) is 4.89. The molecule has 1 rings (SSSR count). The largest absolute Gasteiger partial charge is 0.466 e. The van der Waals surface area contributed by atoms with Crippen LogP contribution in [-0.2, 0) is 9.53 Å². The molecule has 0 N–H and O–H groups in total. The highest BCUT2D eigenvalue weighted by Crippen LogP contribution is 2.34. The standard InChI is InChI=1S/C10H18O2/c1-3-12-10(11)7-8(2)9-5-4-6-9/h8-9H,3-7H2,1-2H3. The van der Waals surface area contributed by atoms with E-state index in [1.165, 1.54) is 19.3 Å². The number of ether oxygens (including phenoxy) is 1. The van der Waals surface area contributed by atoms with Crippen molar-refractivity contribution in [2.45, 2.75) is 39.5 Å². The minimum atomic E-state index is -0.0306. The van der Waals surface area contributed by atoms with Gasteiger partial charge in [0, 0.05) is 6.42 Å². The van der Waals surface area contributed by atoms with Gasteiger partial charge in [-0.2, -0.15) is 0 Å². The van der Waals surface area contributed by atoms with Crippen molar-refractivity contribution in [1.82, 2.24) is 0 Å². The molecule has 0 radical (unpaired) electrons. The second-order valence-corrected chi connectivity index (χ2v) is 3.68. The molecular formula is C10H18O2. The molecule has 1 saturated carbocycles. The van der Waals surface area contributed by atoms with Gasteiger partial charge < -0.3 is 4.74 Å². The number of carbonyl (C=O) groups is 1. The van der Waals surface area contributed by atoms with Crippen LogP contribution in [-0.4, -0.2) is 12.6 Å². The lowest BCUT2D eigenvalue weighted by Crippen LogP contribution is -2.22. The maximum absolute atomic E-state index is 11.1. The predicted molar refractivity (Wildman–Crippen MR) is 47.8 cm³/mol. The average Bonchev–Trinajstić information content (AvgIpc) is 1.82. The minimum absolute atomic E-state index is 0.0306. The third-order valence-corrected chi connectivity index (χ3v) is 2.75. The van der Waals surface area contributed by atoms with Crippen LogP contribution in [0.4, 0.5) is 0 Å². The first kappa shape index (κ1) is 9.56. The Balaban J connectivity index is 2.15. The molecule has 0 heterocycles. The Hall–Kier alpha value is -0.530. The van der Waals surface area contributed by atoms with Crippen LogP contribution in [0.2, 0.25) is 0 Å². The van der Waals surface area contributed by atoms with Crippen LogP contribution in [0.1, 0.15) is 39.5 Å². The Morgan fingerprint density at radius 2 is 2.25 bits per heavy atom. The molecule has 0 spiro atoms. The van der Waals surface area contributed by atoms with Crippen LogP contribution in [0.3, 0.4) is 0 Å². The summed E-state index contributed by atoms with van der Waals surface area (Å²) in [7, 11) is 0. The Labute approximate surface area is 74.3 Å². The van der Waals surface area contributed by atoms with Crippen LogP contribution >= 0.6 is 0 Å². The summed E-state index contributed by atoms with van der Waals surface area (Å²) in [4.78, 5) is 11.1. The van der Waals surface area contributed by atoms with E-state index in [2.05, 4.69) is 6.92 Å². The Kier molecular flexibility index (Phi) is 3.57. The molecule has 0 aromatic rings. The summed E-state index contributed by atoms with van der Waals surface area (Å²) in [6.07, 6.45) is 4.57. The van der Waals surface area contributed by atoms with E-state index in [9.17, 15) is 4.79 Å². The zero-order valence-electron chi connectivity index (χ0n) is 8.01. The number of hydrogen-bond acceptors (Lipinski definition) is 2. The number of esters is 1. The number of hydrogen-bond donors (Lipinski definition) is 0. The molecule has 0 aromatic carbocycles. The van der Waals surface area contributed by atoms with E-state index in [1.807, 2.05) is 6.92 Å². The molecule has 0 amide bonds. The van der Waals surface area contributed by atoms with E-state index in [0.717, 1.165) is 5.92 Å². The van der Waals surface area contributed by atoms with Gasteiger partial charge >= 0.3 is 5.97 Å². The van der Waals surface area contributed by atoms with Crippen molar-refractivity contribution in [2.24, 2.45) is 11.8 Å². The topological polar surface area (TPSA) is 26.3 Å². The smallest absolute Gasteiger partial charge is 0.306 e. The third kappa shape index (κ3) is 2.50. The first-order chi connectivity index (χ1) is 5.74. The van der Waals surface area contributed by atoms with E-state index in [-0.39, 0.29) is 5.97 Å². The van der Waals surface area contributed by atoms with Crippen molar-refractivity contribution in [3.8, 4) is 0 Å². The van der Waals surface area contributed by atoms with Gasteiger partial charge in [-0.25, -0.2) is 0 Å². The fourth-order valence-electron chi connectivity index (χ4n) is 1.66. The third-order valence-electron chi connectivity index (χ3n) is 2.75. The summed E-state index contributed by atoms with van der Waals surface area (Å²) in [5.74, 6) is 1.28. The number of rotatable bonds is 4. The Bertz CT molecular complexity index is 150. The zero-order valence-corrected chi connectivity index (χ0v) is 8.01. The zero-order chi connectivity index (χ0) is 8.97. The van der Waals surface area contributed by atoms with Crippen LogP contribution in [0.15, 0.2) is 0 Å². The molecule has 0 bridgehead atoms. The lowest BCUT2D eigenvalue weighted by Gasteiger charge is -2.30. The van der Waals surface area contributed by atoms with Crippen molar-refractivity contribution in [3.05, 3.63) is 0 Å². The van der Waals surface area contributed by atoms with Gasteiger partial charge in [-0.05, 0) is 18.8 Å². The molecule has 2 nitrogen and oxygen atoms in total. The van der Waals surface area contributed by atoms with Gasteiger partial charge in [-0.1, -0.05) is 26.2 Å². The molecule has 0 saturated heterocycles. The highest BCUT2D eigenvalue weighted by atomic mass is 16.5. The van der Waals surface area contributed by atoms with E-state index in [4.69, 9.17) is 4.74 Å². The van der Waals surface area contributed by atoms with Crippen LogP contribution in [0.25, 0.3) is 0 Å². The maximum atomic E-state index is 11.1. The van der Waals surface area contributed by atoms with Gasteiger partial charge in [0.25, 0.3) is 0 Å². The predicted octanol–water partition coefficient (Wildman–Crippen LogP) is 2.38. The van der Waals surface area contributed by atoms with Gasteiger partial charge in [-0.15, -0.1) is 0 Å². The summed E-state index contributed by atoms with van der Waals surface area (Å²) in [6.45, 7) is 4.52. The van der Waals surface area contributed by atoms with Gasteiger partial charge in [0.2, 0.25) is 0 Å². The summed E-state index contributed by atoms with van der Waals surface area (Å²) >= 11 is 0. The van der Waals surface area contributed by atoms with E-state index < -0.39 is 0 Å². The fourth-order valence-corrected chi connectivity index (χ4v) is 1.66. The average molecular weight is 170 g/mol. The van der Waals surface area contributed by atoms with Gasteiger partial charge in [0.15, 0.2) is 0 Å². The first-order valence-electron chi connectivity index (χ1n) is 4.89. The molecule has 1 fully saturated rings. The van der Waals surface area contributed by atoms with E-state index >= 15 is 0 Å². The summed E-state index contributed by atoms with van der Waals surface area (Å²) in [6, 6.07) is 0. The van der Waals surface area contributed by atoms with Gasteiger partial charge in [-0.3, -0.25) is 4.79 Å². The van der Waals surface area contributed by atoms with Crippen molar-refractivity contribution in [2.75, 3.05) is 6.61 Å². The molecule has 12 heavy (non-hydrogen) atoms. The van der Waals surface area contributed by atoms with Gasteiger partial charge in [0.05, 0.1) is 6.61 Å². The highest BCUT2D eigenvalue weighted by Gasteiger charge is 2.25. The van der Waals surface area contributed by atoms with Crippen molar-refractivity contribution >= 4 is 5.97 Å². The Morgan fingerprint density at radius 1 is 1.58 bits per heavy atom. The maximum Gasteiger partial charge on any atom is 0.306 e. The lowest BCUT2D eigenvalue weighted by atomic mass is 9.75. The molecule has 0 aromatic heterocycles. The fraction of sp³-hybridized carbons (Fsp3) is 0.900. The quantitative estimate of drug-likeness (QED) is 0.605. The minimum Gasteiger partial charge on any atom is -0.466 e. The van der Waals surface area contributed by atoms with Crippen LogP contribution < -0.4 is 0 Å². The molecule has 70 valence electrons. The summed E-state index contributed by atoms with van der Waals surface area (Å²) < 4.78 is 4.89. The summed E-state index contributed by atoms with van der Waals surface area (Å²) in [5.41, 5.74) is 0. The lowest BCUT2D eigenvalue weighted by molar-refractivity contribution is -0.144. The SMILES string of the molecule is CCOC(=O)CC(C)C1CCC1. The van der Waals surface area contributed by atoms with E-state index in [1.54, 1.807) is 0 Å². The summed E-state index contributed by atoms with van der Waals surface area (Å²) in [5, 5.41) is 0. The molecule has 1 unspecified atom stereocenters. The monoisotopic (exact) mass is 170 g/mol. The normalized spacial score (nSPS) is 19.8. The molecule has 0 aliphatic heterocycles. The highest BCUT2D eigenvalue weighted by molar-refractivity contribution is 5.69. The number of carbonyl (C=O) groups excluding carboxylic acids is 1. The van der Waals surface area contributed by atoms with Crippen LogP contribution in [0.5, 0.6) is 0 Å². The second kappa shape index (κ2) is 4.48. The van der Waals surface area contributed by atoms with Crippen molar-refractivity contribution in [1.29, 1.82) is 0 Å². The molecular weight excluding hydrogens is 152 g/mol. The Morgan fingerprint density at radius 3 is 2.67 bits per heavy atom. The molecule has 1 aliphatic carbocycles. The molecule has 1 aliphatic rings. The molecule has 1 atom stereocenters. The van der Waals surface area contributed by atoms with Gasteiger partial charge in [0.1, 0.15) is 0 Å². The van der Waals surface area contributed by atoms with Crippen LogP contribution in [0, 0.1) is 11.8 Å². The van der Waals surface area contributed by atoms with Crippen molar-refractivity contribution < 1.29 is 9.53 Å². The second-order valence-electron chi connectivity index (χ2n) is 3.68. The van der Waals surface area contributed by atoms with Crippen molar-refractivity contribution in [3.63, 3.8) is 0 Å².